The molecule has 28 heavy (non-hydrogen) atoms. The monoisotopic (exact) mass is 403 g/mol. The molecule has 148 valence electrons. The van der Waals surface area contributed by atoms with E-state index in [9.17, 15) is 8.42 Å². The van der Waals surface area contributed by atoms with Crippen molar-refractivity contribution in [3.05, 3.63) is 54.6 Å². The van der Waals surface area contributed by atoms with Crippen molar-refractivity contribution in [1.82, 2.24) is 24.0 Å². The molecule has 0 saturated carbocycles. The van der Waals surface area contributed by atoms with Gasteiger partial charge in [-0.3, -0.25) is 0 Å². The molecule has 1 saturated heterocycles. The van der Waals surface area contributed by atoms with E-state index in [2.05, 4.69) is 15.1 Å². The topological polar surface area (TPSA) is 103 Å². The van der Waals surface area contributed by atoms with Gasteiger partial charge in [-0.2, -0.15) is 9.29 Å². The van der Waals surface area contributed by atoms with Crippen LogP contribution in [0.15, 0.2) is 52.4 Å². The SMILES string of the molecule is O=S(=O)(c1cn(Cc2noc(COc3ccccc3)n2)cn1)N1CCCCC1. The predicted molar refractivity (Wildman–Crippen MR) is 99.0 cm³/mol. The van der Waals surface area contributed by atoms with Gasteiger partial charge in [0, 0.05) is 19.3 Å². The Morgan fingerprint density at radius 2 is 1.89 bits per heavy atom. The number of benzene rings is 1. The largest absolute Gasteiger partial charge is 0.484 e. The number of nitrogens with zero attached hydrogens (tertiary/aromatic N) is 5. The van der Waals surface area contributed by atoms with Crippen LogP contribution >= 0.6 is 0 Å². The van der Waals surface area contributed by atoms with Crippen LogP contribution in [0, 0.1) is 0 Å². The summed E-state index contributed by atoms with van der Waals surface area (Å²) in [5.41, 5.74) is 0. The molecule has 9 nitrogen and oxygen atoms in total. The van der Waals surface area contributed by atoms with E-state index in [1.165, 1.54) is 16.8 Å². The van der Waals surface area contributed by atoms with Crippen LogP contribution in [0.4, 0.5) is 0 Å². The van der Waals surface area contributed by atoms with Crippen molar-refractivity contribution >= 4 is 10.0 Å². The molecule has 1 fully saturated rings. The average molecular weight is 403 g/mol. The Morgan fingerprint density at radius 3 is 2.68 bits per heavy atom. The molecule has 4 rings (SSSR count). The molecule has 1 aromatic carbocycles. The van der Waals surface area contributed by atoms with Gasteiger partial charge in [0.25, 0.3) is 15.9 Å². The lowest BCUT2D eigenvalue weighted by molar-refractivity contribution is 0.242. The molecule has 0 spiro atoms. The van der Waals surface area contributed by atoms with Gasteiger partial charge in [-0.15, -0.1) is 0 Å². The standard InChI is InChI=1S/C18H21N5O4S/c24-28(25,23-9-5-2-6-10-23)18-12-22(14-19-18)11-16-20-17(27-21-16)13-26-15-7-3-1-4-8-15/h1,3-4,7-8,12,14H,2,5-6,9-11,13H2. The summed E-state index contributed by atoms with van der Waals surface area (Å²) in [5, 5.41) is 3.96. The third-order valence-electron chi connectivity index (χ3n) is 4.47. The van der Waals surface area contributed by atoms with E-state index in [1.807, 2.05) is 30.3 Å². The molecule has 0 N–H and O–H groups in total. The highest BCUT2D eigenvalue weighted by atomic mass is 32.2. The van der Waals surface area contributed by atoms with E-state index in [4.69, 9.17) is 9.26 Å². The fourth-order valence-electron chi connectivity index (χ4n) is 3.03. The molecule has 10 heteroatoms. The first-order chi connectivity index (χ1) is 13.6. The van der Waals surface area contributed by atoms with Crippen LogP contribution in [0.2, 0.25) is 0 Å². The number of imidazole rings is 1. The average Bonchev–Trinajstić information content (AvgIpc) is 3.38. The molecule has 0 bridgehead atoms. The molecule has 0 atom stereocenters. The van der Waals surface area contributed by atoms with Crippen LogP contribution in [0.1, 0.15) is 31.0 Å². The van der Waals surface area contributed by atoms with Crippen molar-refractivity contribution in [2.24, 2.45) is 0 Å². The normalized spacial score (nSPS) is 15.6. The summed E-state index contributed by atoms with van der Waals surface area (Å²) < 4.78 is 39.2. The Hall–Kier alpha value is -2.72. The van der Waals surface area contributed by atoms with Crippen molar-refractivity contribution in [2.45, 2.75) is 37.4 Å². The number of hydrogen-bond donors (Lipinski definition) is 0. The van der Waals surface area contributed by atoms with Gasteiger partial charge in [0.1, 0.15) is 5.75 Å². The highest BCUT2D eigenvalue weighted by molar-refractivity contribution is 7.89. The van der Waals surface area contributed by atoms with Gasteiger partial charge in [0.05, 0.1) is 12.9 Å². The smallest absolute Gasteiger partial charge is 0.264 e. The van der Waals surface area contributed by atoms with Gasteiger partial charge in [-0.1, -0.05) is 29.8 Å². The lowest BCUT2D eigenvalue weighted by Gasteiger charge is -2.24. The number of hydrogen-bond acceptors (Lipinski definition) is 7. The summed E-state index contributed by atoms with van der Waals surface area (Å²) in [6.45, 7) is 1.52. The highest BCUT2D eigenvalue weighted by Crippen LogP contribution is 2.19. The number of ether oxygens (including phenoxy) is 1. The van der Waals surface area contributed by atoms with Gasteiger partial charge in [0.15, 0.2) is 17.5 Å². The fraction of sp³-hybridized carbons (Fsp3) is 0.389. The number of piperidine rings is 1. The summed E-state index contributed by atoms with van der Waals surface area (Å²) in [5.74, 6) is 1.48. The minimum Gasteiger partial charge on any atom is -0.484 e. The van der Waals surface area contributed by atoms with E-state index in [0.717, 1.165) is 19.3 Å². The van der Waals surface area contributed by atoms with E-state index in [1.54, 1.807) is 4.57 Å². The summed E-state index contributed by atoms with van der Waals surface area (Å²) in [6.07, 6.45) is 5.80. The molecule has 0 aliphatic carbocycles. The van der Waals surface area contributed by atoms with Crippen LogP contribution in [-0.4, -0.2) is 45.5 Å². The minimum absolute atomic E-state index is 0.0468. The van der Waals surface area contributed by atoms with Crippen molar-refractivity contribution in [1.29, 1.82) is 0 Å². The fourth-order valence-corrected chi connectivity index (χ4v) is 4.49. The third kappa shape index (κ3) is 4.23. The van der Waals surface area contributed by atoms with Crippen LogP contribution in [0.3, 0.4) is 0 Å². The Bertz CT molecular complexity index is 1010. The number of rotatable bonds is 7. The first-order valence-electron chi connectivity index (χ1n) is 9.12. The molecule has 3 aromatic rings. The number of para-hydroxylation sites is 1. The van der Waals surface area contributed by atoms with Crippen LogP contribution < -0.4 is 4.74 Å². The second-order valence-electron chi connectivity index (χ2n) is 6.56. The molecule has 0 unspecified atom stereocenters. The predicted octanol–water partition coefficient (Wildman–Crippen LogP) is 2.07. The van der Waals surface area contributed by atoms with Gasteiger partial charge in [-0.05, 0) is 25.0 Å². The third-order valence-corrected chi connectivity index (χ3v) is 6.25. The van der Waals surface area contributed by atoms with Crippen molar-refractivity contribution in [3.63, 3.8) is 0 Å². The Kier molecular flexibility index (Phi) is 5.40. The molecule has 0 radical (unpaired) electrons. The number of sulfonamides is 1. The molecule has 3 heterocycles. The second kappa shape index (κ2) is 8.11. The lowest BCUT2D eigenvalue weighted by atomic mass is 10.2. The van der Waals surface area contributed by atoms with Crippen LogP contribution in [0.5, 0.6) is 5.75 Å². The maximum atomic E-state index is 12.7. The first-order valence-corrected chi connectivity index (χ1v) is 10.6. The first kappa shape index (κ1) is 18.6. The minimum atomic E-state index is -3.55. The van der Waals surface area contributed by atoms with Gasteiger partial charge < -0.3 is 13.8 Å². The zero-order chi connectivity index (χ0) is 19.4. The molecular weight excluding hydrogens is 382 g/mol. The number of aromatic nitrogens is 4. The summed E-state index contributed by atoms with van der Waals surface area (Å²) in [7, 11) is -3.55. The maximum absolute atomic E-state index is 12.7. The van der Waals surface area contributed by atoms with Crippen LogP contribution in [-0.2, 0) is 23.2 Å². The van der Waals surface area contributed by atoms with E-state index < -0.39 is 10.0 Å². The van der Waals surface area contributed by atoms with Gasteiger partial charge >= 0.3 is 0 Å². The van der Waals surface area contributed by atoms with Gasteiger partial charge in [0.2, 0.25) is 0 Å². The molecule has 1 aliphatic rings. The zero-order valence-electron chi connectivity index (χ0n) is 15.3. The maximum Gasteiger partial charge on any atom is 0.264 e. The lowest BCUT2D eigenvalue weighted by Crippen LogP contribution is -2.35. The highest BCUT2D eigenvalue weighted by Gasteiger charge is 2.28. The second-order valence-corrected chi connectivity index (χ2v) is 8.44. The summed E-state index contributed by atoms with van der Waals surface area (Å²) in [4.78, 5) is 8.34. The Labute approximate surface area is 163 Å². The van der Waals surface area contributed by atoms with Gasteiger partial charge in [-0.25, -0.2) is 13.4 Å². The molecule has 1 aliphatic heterocycles. The van der Waals surface area contributed by atoms with E-state index in [-0.39, 0.29) is 18.2 Å². The quantitative estimate of drug-likeness (QED) is 0.595. The van der Waals surface area contributed by atoms with Crippen molar-refractivity contribution in [2.75, 3.05) is 13.1 Å². The van der Waals surface area contributed by atoms with E-state index in [0.29, 0.717) is 30.6 Å². The Morgan fingerprint density at radius 1 is 1.11 bits per heavy atom. The zero-order valence-corrected chi connectivity index (χ0v) is 16.1. The molecular formula is C18H21N5O4S. The molecule has 2 aromatic heterocycles. The summed E-state index contributed by atoms with van der Waals surface area (Å²) in [6, 6.07) is 9.34. The summed E-state index contributed by atoms with van der Waals surface area (Å²) >= 11 is 0. The molecule has 0 amide bonds. The van der Waals surface area contributed by atoms with E-state index >= 15 is 0 Å². The van der Waals surface area contributed by atoms with Crippen LogP contribution in [0.25, 0.3) is 0 Å². The Balaban J connectivity index is 1.38. The van der Waals surface area contributed by atoms with Crippen molar-refractivity contribution in [3.8, 4) is 5.75 Å². The van der Waals surface area contributed by atoms with Crippen molar-refractivity contribution < 1.29 is 17.7 Å².